The lowest BCUT2D eigenvalue weighted by Gasteiger charge is -2.48. The number of aryl methyl sites for hydroxylation is 1. The molecule has 2 aromatic carbocycles. The van der Waals surface area contributed by atoms with Gasteiger partial charge in [-0.2, -0.15) is 0 Å². The standard InChI is InChI=1S/C27H32FN7O/c1-26(2)12-18(13-27(3,4)33-26)35(6)25-29-14-22(31-32-25)19-8-7-16(11-23(19)36)17-9-20(28)24-21(10-17)30-15-34(24)5/h7-11,14-15,18,33,36H,12-13H2,1-6H3. The van der Waals surface area contributed by atoms with Crippen LogP contribution in [-0.2, 0) is 7.05 Å². The summed E-state index contributed by atoms with van der Waals surface area (Å²) in [4.78, 5) is 10.9. The second kappa shape index (κ2) is 8.51. The van der Waals surface area contributed by atoms with Crippen molar-refractivity contribution in [3.05, 3.63) is 48.7 Å². The summed E-state index contributed by atoms with van der Waals surface area (Å²) < 4.78 is 16.3. The van der Waals surface area contributed by atoms with E-state index < -0.39 is 0 Å². The molecule has 8 nitrogen and oxygen atoms in total. The maximum atomic E-state index is 14.6. The zero-order chi connectivity index (χ0) is 25.8. The van der Waals surface area contributed by atoms with Crippen molar-refractivity contribution in [3.8, 4) is 28.1 Å². The van der Waals surface area contributed by atoms with Crippen LogP contribution in [0.2, 0.25) is 0 Å². The number of piperidine rings is 1. The predicted octanol–water partition coefficient (Wildman–Crippen LogP) is 4.68. The molecule has 0 amide bonds. The second-order valence-corrected chi connectivity index (χ2v) is 11.1. The number of imidazole rings is 1. The molecule has 0 bridgehead atoms. The van der Waals surface area contributed by atoms with Gasteiger partial charge in [-0.05, 0) is 75.9 Å². The summed E-state index contributed by atoms with van der Waals surface area (Å²) >= 11 is 0. The van der Waals surface area contributed by atoms with Gasteiger partial charge in [-0.1, -0.05) is 6.07 Å². The monoisotopic (exact) mass is 489 g/mol. The van der Waals surface area contributed by atoms with Crippen molar-refractivity contribution in [2.24, 2.45) is 7.05 Å². The van der Waals surface area contributed by atoms with Gasteiger partial charge in [-0.3, -0.25) is 0 Å². The molecule has 9 heteroatoms. The van der Waals surface area contributed by atoms with Crippen LogP contribution in [0.25, 0.3) is 33.4 Å². The fourth-order valence-electron chi connectivity index (χ4n) is 5.59. The van der Waals surface area contributed by atoms with Crippen LogP contribution in [-0.4, -0.2) is 54.0 Å². The molecular weight excluding hydrogens is 457 g/mol. The highest BCUT2D eigenvalue weighted by molar-refractivity contribution is 5.84. The van der Waals surface area contributed by atoms with E-state index in [0.29, 0.717) is 39.4 Å². The van der Waals surface area contributed by atoms with Gasteiger partial charge in [-0.25, -0.2) is 14.4 Å². The molecule has 3 heterocycles. The SMILES string of the molecule is CN(c1ncc(-c2ccc(-c3cc(F)c4c(c3)ncn4C)cc2O)nn1)C1CC(C)(C)NC(C)(C)C1. The van der Waals surface area contributed by atoms with E-state index in [4.69, 9.17) is 0 Å². The summed E-state index contributed by atoms with van der Waals surface area (Å²) in [7, 11) is 3.76. The quantitative estimate of drug-likeness (QED) is 0.430. The zero-order valence-electron chi connectivity index (χ0n) is 21.5. The number of nitrogens with zero attached hydrogens (tertiary/aromatic N) is 6. The van der Waals surface area contributed by atoms with Gasteiger partial charge < -0.3 is 19.9 Å². The van der Waals surface area contributed by atoms with E-state index in [1.807, 2.05) is 19.2 Å². The van der Waals surface area contributed by atoms with Gasteiger partial charge in [0.15, 0.2) is 0 Å². The Morgan fingerprint density at radius 2 is 1.75 bits per heavy atom. The Labute approximate surface area is 210 Å². The number of aromatic nitrogens is 5. The Kier molecular flexibility index (Phi) is 5.70. The Morgan fingerprint density at radius 3 is 2.39 bits per heavy atom. The largest absolute Gasteiger partial charge is 0.507 e. The van der Waals surface area contributed by atoms with Crippen molar-refractivity contribution in [2.75, 3.05) is 11.9 Å². The van der Waals surface area contributed by atoms with Crippen LogP contribution in [0.3, 0.4) is 0 Å². The number of rotatable bonds is 4. The van der Waals surface area contributed by atoms with Gasteiger partial charge >= 0.3 is 0 Å². The number of hydrogen-bond donors (Lipinski definition) is 2. The van der Waals surface area contributed by atoms with Crippen molar-refractivity contribution in [1.82, 2.24) is 30.0 Å². The fourth-order valence-corrected chi connectivity index (χ4v) is 5.59. The normalized spacial score (nSPS) is 17.4. The molecule has 1 aliphatic rings. The molecule has 1 fully saturated rings. The first-order valence-corrected chi connectivity index (χ1v) is 12.1. The number of benzene rings is 2. The van der Waals surface area contributed by atoms with Crippen LogP contribution in [0.5, 0.6) is 5.75 Å². The molecule has 1 saturated heterocycles. The molecule has 2 aromatic heterocycles. The molecule has 0 aliphatic carbocycles. The van der Waals surface area contributed by atoms with Gasteiger partial charge in [-0.15, -0.1) is 10.2 Å². The first kappa shape index (κ1) is 24.1. The topological polar surface area (TPSA) is 92.0 Å². The number of halogens is 1. The maximum Gasteiger partial charge on any atom is 0.245 e. The molecule has 36 heavy (non-hydrogen) atoms. The van der Waals surface area contributed by atoms with E-state index in [9.17, 15) is 9.50 Å². The number of aromatic hydroxyl groups is 1. The molecule has 1 aliphatic heterocycles. The summed E-state index contributed by atoms with van der Waals surface area (Å²) in [5.41, 5.74) is 3.31. The van der Waals surface area contributed by atoms with Gasteiger partial charge in [0.05, 0.1) is 18.0 Å². The molecule has 0 atom stereocenters. The third kappa shape index (κ3) is 4.51. The highest BCUT2D eigenvalue weighted by Crippen LogP contribution is 2.35. The molecule has 5 rings (SSSR count). The third-order valence-corrected chi connectivity index (χ3v) is 6.95. The molecule has 0 radical (unpaired) electrons. The van der Waals surface area contributed by atoms with Crippen LogP contribution < -0.4 is 10.2 Å². The van der Waals surface area contributed by atoms with Gasteiger partial charge in [0.1, 0.15) is 22.8 Å². The Bertz CT molecular complexity index is 1410. The van der Waals surface area contributed by atoms with E-state index >= 15 is 0 Å². The summed E-state index contributed by atoms with van der Waals surface area (Å²) in [6.45, 7) is 8.86. The second-order valence-electron chi connectivity index (χ2n) is 11.1. The molecular formula is C27H32FN7O. The summed E-state index contributed by atoms with van der Waals surface area (Å²) in [5, 5.41) is 23.2. The lowest BCUT2D eigenvalue weighted by atomic mass is 9.79. The Morgan fingerprint density at radius 1 is 1.03 bits per heavy atom. The van der Waals surface area contributed by atoms with Crippen LogP contribution in [0.15, 0.2) is 42.9 Å². The van der Waals surface area contributed by atoms with Crippen molar-refractivity contribution in [1.29, 1.82) is 0 Å². The first-order valence-electron chi connectivity index (χ1n) is 12.1. The number of phenolic OH excluding ortho intramolecular Hbond substituents is 1. The van der Waals surface area contributed by atoms with E-state index in [1.54, 1.807) is 36.3 Å². The Balaban J connectivity index is 1.38. The van der Waals surface area contributed by atoms with E-state index in [2.05, 4.69) is 58.1 Å². The van der Waals surface area contributed by atoms with E-state index in [-0.39, 0.29) is 28.7 Å². The average Bonchev–Trinajstić information content (AvgIpc) is 3.18. The van der Waals surface area contributed by atoms with E-state index in [0.717, 1.165) is 12.8 Å². The smallest absolute Gasteiger partial charge is 0.245 e. The zero-order valence-corrected chi connectivity index (χ0v) is 21.5. The minimum atomic E-state index is -0.360. The highest BCUT2D eigenvalue weighted by Gasteiger charge is 2.39. The number of anilines is 1. The maximum absolute atomic E-state index is 14.6. The van der Waals surface area contributed by atoms with Crippen molar-refractivity contribution >= 4 is 17.0 Å². The highest BCUT2D eigenvalue weighted by atomic mass is 19.1. The lowest BCUT2D eigenvalue weighted by molar-refractivity contribution is 0.160. The number of phenols is 1. The summed E-state index contributed by atoms with van der Waals surface area (Å²) in [5.74, 6) is 0.210. The van der Waals surface area contributed by atoms with Gasteiger partial charge in [0, 0.05) is 36.8 Å². The fraction of sp³-hybridized carbons (Fsp3) is 0.407. The molecule has 0 unspecified atom stereocenters. The van der Waals surface area contributed by atoms with E-state index in [1.165, 1.54) is 6.07 Å². The molecule has 188 valence electrons. The first-order chi connectivity index (χ1) is 16.9. The molecule has 0 spiro atoms. The lowest BCUT2D eigenvalue weighted by Crippen LogP contribution is -2.62. The average molecular weight is 490 g/mol. The number of fused-ring (bicyclic) bond motifs is 1. The van der Waals surface area contributed by atoms with Crippen LogP contribution in [0, 0.1) is 5.82 Å². The van der Waals surface area contributed by atoms with Gasteiger partial charge in [0.2, 0.25) is 5.95 Å². The minimum Gasteiger partial charge on any atom is -0.507 e. The third-order valence-electron chi connectivity index (χ3n) is 6.95. The van der Waals surface area contributed by atoms with Crippen molar-refractivity contribution in [3.63, 3.8) is 0 Å². The minimum absolute atomic E-state index is 0.00556. The molecule has 4 aromatic rings. The van der Waals surface area contributed by atoms with Gasteiger partial charge in [0.25, 0.3) is 0 Å². The summed E-state index contributed by atoms with van der Waals surface area (Å²) in [6, 6.07) is 8.70. The predicted molar refractivity (Wildman–Crippen MR) is 139 cm³/mol. The van der Waals surface area contributed by atoms with Crippen molar-refractivity contribution < 1.29 is 9.50 Å². The molecule has 2 N–H and O–H groups in total. The summed E-state index contributed by atoms with van der Waals surface area (Å²) in [6.07, 6.45) is 5.14. The van der Waals surface area contributed by atoms with Crippen LogP contribution >= 0.6 is 0 Å². The number of nitrogens with one attached hydrogen (secondary N) is 1. The van der Waals surface area contributed by atoms with Crippen LogP contribution in [0.1, 0.15) is 40.5 Å². The number of hydrogen-bond acceptors (Lipinski definition) is 7. The molecule has 0 saturated carbocycles. The Hall–Kier alpha value is -3.59. The van der Waals surface area contributed by atoms with Crippen LogP contribution in [0.4, 0.5) is 10.3 Å². The van der Waals surface area contributed by atoms with Crippen molar-refractivity contribution in [2.45, 2.75) is 57.7 Å².